The summed E-state index contributed by atoms with van der Waals surface area (Å²) in [6.45, 7) is 0. The molecule has 110 valence electrons. The molecule has 1 heterocycles. The van der Waals surface area contributed by atoms with E-state index in [0.717, 1.165) is 11.1 Å². The minimum atomic E-state index is -0.308. The van der Waals surface area contributed by atoms with Crippen LogP contribution in [0.15, 0.2) is 65.3 Å². The van der Waals surface area contributed by atoms with Gasteiger partial charge < -0.3 is 9.73 Å². The molecule has 0 atom stereocenters. The molecule has 0 aliphatic heterocycles. The van der Waals surface area contributed by atoms with Crippen molar-refractivity contribution in [1.29, 1.82) is 0 Å². The van der Waals surface area contributed by atoms with E-state index in [1.54, 1.807) is 24.3 Å². The molecule has 2 aromatic carbocycles. The predicted octanol–water partition coefficient (Wildman–Crippen LogP) is 5.51. The number of anilines is 1. The third-order valence-corrected chi connectivity index (χ3v) is 3.89. The summed E-state index contributed by atoms with van der Waals surface area (Å²) in [6, 6.07) is 16.1. The Morgan fingerprint density at radius 2 is 1.77 bits per heavy atom. The van der Waals surface area contributed by atoms with Gasteiger partial charge in [0.05, 0.1) is 16.3 Å². The highest BCUT2D eigenvalue weighted by atomic mass is 35.5. The largest absolute Gasteiger partial charge is 0.459 e. The minimum absolute atomic E-state index is 0.254. The predicted molar refractivity (Wildman–Crippen MR) is 88.6 cm³/mol. The first-order valence-corrected chi connectivity index (χ1v) is 7.30. The van der Waals surface area contributed by atoms with Gasteiger partial charge >= 0.3 is 0 Å². The number of furan rings is 1. The monoisotopic (exact) mass is 331 g/mol. The Morgan fingerprint density at radius 1 is 0.955 bits per heavy atom. The van der Waals surface area contributed by atoms with Crippen LogP contribution in [0.4, 0.5) is 5.69 Å². The van der Waals surface area contributed by atoms with Gasteiger partial charge in [-0.05, 0) is 35.9 Å². The lowest BCUT2D eigenvalue weighted by atomic mass is 10.0. The Balaban J connectivity index is 1.96. The molecule has 3 rings (SSSR count). The fourth-order valence-electron chi connectivity index (χ4n) is 2.10. The van der Waals surface area contributed by atoms with E-state index in [1.165, 1.54) is 6.26 Å². The summed E-state index contributed by atoms with van der Waals surface area (Å²) >= 11 is 12.0. The second kappa shape index (κ2) is 6.26. The summed E-state index contributed by atoms with van der Waals surface area (Å²) < 4.78 is 5.10. The molecule has 0 radical (unpaired) electrons. The molecule has 5 heteroatoms. The Bertz CT molecular complexity index is 813. The van der Waals surface area contributed by atoms with Crippen LogP contribution in [-0.2, 0) is 0 Å². The zero-order valence-corrected chi connectivity index (χ0v) is 12.9. The first kappa shape index (κ1) is 14.7. The van der Waals surface area contributed by atoms with Crippen molar-refractivity contribution in [1.82, 2.24) is 0 Å². The SMILES string of the molecule is O=C(Nc1ccccc1-c1ccc(Cl)c(Cl)c1)c1ccco1. The Labute approximate surface area is 137 Å². The summed E-state index contributed by atoms with van der Waals surface area (Å²) in [6.07, 6.45) is 1.46. The Morgan fingerprint density at radius 3 is 2.50 bits per heavy atom. The zero-order valence-electron chi connectivity index (χ0n) is 11.3. The molecule has 0 unspecified atom stereocenters. The van der Waals surface area contributed by atoms with Crippen molar-refractivity contribution in [3.05, 3.63) is 76.7 Å². The molecule has 3 aromatic rings. The van der Waals surface area contributed by atoms with Crippen molar-refractivity contribution >= 4 is 34.8 Å². The topological polar surface area (TPSA) is 42.2 Å². The van der Waals surface area contributed by atoms with Crippen LogP contribution in [0.25, 0.3) is 11.1 Å². The summed E-state index contributed by atoms with van der Waals surface area (Å²) in [5.41, 5.74) is 2.38. The number of hydrogen-bond donors (Lipinski definition) is 1. The average molecular weight is 332 g/mol. The maximum Gasteiger partial charge on any atom is 0.291 e. The van der Waals surface area contributed by atoms with E-state index in [4.69, 9.17) is 27.6 Å². The van der Waals surface area contributed by atoms with Gasteiger partial charge in [-0.1, -0.05) is 47.5 Å². The van der Waals surface area contributed by atoms with Gasteiger partial charge in [0, 0.05) is 11.3 Å². The van der Waals surface area contributed by atoms with Crippen molar-refractivity contribution in [3.63, 3.8) is 0 Å². The van der Waals surface area contributed by atoms with Gasteiger partial charge in [-0.25, -0.2) is 0 Å². The number of carbonyl (C=O) groups is 1. The number of amides is 1. The highest BCUT2D eigenvalue weighted by Crippen LogP contribution is 2.32. The molecule has 0 spiro atoms. The smallest absolute Gasteiger partial charge is 0.291 e. The van der Waals surface area contributed by atoms with E-state index in [1.807, 2.05) is 30.3 Å². The molecule has 1 aromatic heterocycles. The molecule has 0 aliphatic carbocycles. The van der Waals surface area contributed by atoms with E-state index in [0.29, 0.717) is 15.7 Å². The fraction of sp³-hybridized carbons (Fsp3) is 0. The molecule has 0 saturated carbocycles. The number of halogens is 2. The van der Waals surface area contributed by atoms with Crippen molar-refractivity contribution in [2.75, 3.05) is 5.32 Å². The van der Waals surface area contributed by atoms with Crippen LogP contribution >= 0.6 is 23.2 Å². The van der Waals surface area contributed by atoms with Gasteiger partial charge in [-0.15, -0.1) is 0 Å². The number of benzene rings is 2. The van der Waals surface area contributed by atoms with Gasteiger partial charge in [0.25, 0.3) is 5.91 Å². The summed E-state index contributed by atoms with van der Waals surface area (Å²) in [5, 5.41) is 3.79. The number of carbonyl (C=O) groups excluding carboxylic acids is 1. The fourth-order valence-corrected chi connectivity index (χ4v) is 2.40. The quantitative estimate of drug-likeness (QED) is 0.687. The molecule has 0 aliphatic rings. The van der Waals surface area contributed by atoms with E-state index in [-0.39, 0.29) is 11.7 Å². The molecule has 22 heavy (non-hydrogen) atoms. The first-order valence-electron chi connectivity index (χ1n) is 6.54. The summed E-state index contributed by atoms with van der Waals surface area (Å²) in [7, 11) is 0. The van der Waals surface area contributed by atoms with E-state index in [9.17, 15) is 4.79 Å². The summed E-state index contributed by atoms with van der Waals surface area (Å²) in [5.74, 6) is -0.0542. The molecular weight excluding hydrogens is 321 g/mol. The Kier molecular flexibility index (Phi) is 4.18. The lowest BCUT2D eigenvalue weighted by Gasteiger charge is -2.11. The average Bonchev–Trinajstić information content (AvgIpc) is 3.05. The lowest BCUT2D eigenvalue weighted by Crippen LogP contribution is -2.11. The van der Waals surface area contributed by atoms with Crippen molar-refractivity contribution in [2.45, 2.75) is 0 Å². The van der Waals surface area contributed by atoms with Crippen molar-refractivity contribution < 1.29 is 9.21 Å². The van der Waals surface area contributed by atoms with Crippen LogP contribution in [-0.4, -0.2) is 5.91 Å². The normalized spacial score (nSPS) is 10.5. The number of nitrogens with one attached hydrogen (secondary N) is 1. The lowest BCUT2D eigenvalue weighted by molar-refractivity contribution is 0.0996. The summed E-state index contributed by atoms with van der Waals surface area (Å²) in [4.78, 5) is 12.1. The molecule has 3 nitrogen and oxygen atoms in total. The van der Waals surface area contributed by atoms with Crippen LogP contribution in [0, 0.1) is 0 Å². The van der Waals surface area contributed by atoms with Crippen molar-refractivity contribution in [3.8, 4) is 11.1 Å². The number of para-hydroxylation sites is 1. The standard InChI is InChI=1S/C17H11Cl2NO2/c18-13-8-7-11(10-14(13)19)12-4-1-2-5-15(12)20-17(21)16-6-3-9-22-16/h1-10H,(H,20,21). The molecular formula is C17H11Cl2NO2. The second-order valence-electron chi connectivity index (χ2n) is 4.61. The van der Waals surface area contributed by atoms with Crippen molar-refractivity contribution in [2.24, 2.45) is 0 Å². The van der Waals surface area contributed by atoms with Crippen LogP contribution in [0.2, 0.25) is 10.0 Å². The maximum atomic E-state index is 12.1. The van der Waals surface area contributed by atoms with Gasteiger partial charge in [-0.2, -0.15) is 0 Å². The Hall–Kier alpha value is -2.23. The number of rotatable bonds is 3. The molecule has 1 amide bonds. The second-order valence-corrected chi connectivity index (χ2v) is 5.42. The van der Waals surface area contributed by atoms with Gasteiger partial charge in [0.15, 0.2) is 5.76 Å². The van der Waals surface area contributed by atoms with Crippen LogP contribution in [0.5, 0.6) is 0 Å². The highest BCUT2D eigenvalue weighted by molar-refractivity contribution is 6.42. The molecule has 0 fully saturated rings. The van der Waals surface area contributed by atoms with Gasteiger partial charge in [0.2, 0.25) is 0 Å². The van der Waals surface area contributed by atoms with E-state index in [2.05, 4.69) is 5.32 Å². The first-order chi connectivity index (χ1) is 10.6. The molecule has 1 N–H and O–H groups in total. The van der Waals surface area contributed by atoms with Gasteiger partial charge in [0.1, 0.15) is 0 Å². The highest BCUT2D eigenvalue weighted by Gasteiger charge is 2.12. The van der Waals surface area contributed by atoms with Gasteiger partial charge in [-0.3, -0.25) is 4.79 Å². The molecule has 0 bridgehead atoms. The zero-order chi connectivity index (χ0) is 15.5. The maximum absolute atomic E-state index is 12.1. The third-order valence-electron chi connectivity index (χ3n) is 3.15. The minimum Gasteiger partial charge on any atom is -0.459 e. The number of hydrogen-bond acceptors (Lipinski definition) is 2. The van der Waals surface area contributed by atoms with E-state index >= 15 is 0 Å². The molecule has 0 saturated heterocycles. The van der Waals surface area contributed by atoms with Crippen LogP contribution in [0.1, 0.15) is 10.6 Å². The van der Waals surface area contributed by atoms with E-state index < -0.39 is 0 Å². The van der Waals surface area contributed by atoms with Crippen LogP contribution < -0.4 is 5.32 Å². The van der Waals surface area contributed by atoms with Crippen LogP contribution in [0.3, 0.4) is 0 Å². The third kappa shape index (κ3) is 3.01.